The Kier molecular flexibility index (Phi) is 4.98. The van der Waals surface area contributed by atoms with Crippen LogP contribution in [0.5, 0.6) is 5.75 Å². The Balaban J connectivity index is 3.06. The van der Waals surface area contributed by atoms with Crippen molar-refractivity contribution in [2.24, 2.45) is 0 Å². The second-order valence-corrected chi connectivity index (χ2v) is 3.91. The van der Waals surface area contributed by atoms with E-state index in [4.69, 9.17) is 5.73 Å². The first-order valence-corrected chi connectivity index (χ1v) is 5.40. The molecule has 2 atom stereocenters. The molecular formula is C11H15F3N2O3. The largest absolute Gasteiger partial charge is 0.573 e. The maximum Gasteiger partial charge on any atom is 0.573 e. The number of hydrogen-bond acceptors (Lipinski definition) is 5. The van der Waals surface area contributed by atoms with Crippen molar-refractivity contribution in [2.45, 2.75) is 18.6 Å². The standard InChI is InChI=1S/C11H15F3N2O3/c1-16-5-8(17)10(18)7-4-6(15)2-3-9(7)19-11(12,13)14/h2-4,8,10,16-18H,5,15H2,1H3. The van der Waals surface area contributed by atoms with E-state index in [0.717, 1.165) is 12.1 Å². The molecule has 0 saturated carbocycles. The normalized spacial score (nSPS) is 15.1. The van der Waals surface area contributed by atoms with E-state index in [1.165, 1.54) is 13.1 Å². The van der Waals surface area contributed by atoms with Gasteiger partial charge < -0.3 is 26.0 Å². The van der Waals surface area contributed by atoms with E-state index in [0.29, 0.717) is 0 Å². The highest BCUT2D eigenvalue weighted by molar-refractivity contribution is 5.49. The monoisotopic (exact) mass is 280 g/mol. The molecule has 108 valence electrons. The quantitative estimate of drug-likeness (QED) is 0.599. The minimum Gasteiger partial charge on any atom is -0.405 e. The van der Waals surface area contributed by atoms with Crippen molar-refractivity contribution in [1.29, 1.82) is 0 Å². The van der Waals surface area contributed by atoms with Gasteiger partial charge >= 0.3 is 6.36 Å². The number of nitrogens with one attached hydrogen (secondary N) is 1. The summed E-state index contributed by atoms with van der Waals surface area (Å²) in [6.45, 7) is 0.00141. The van der Waals surface area contributed by atoms with Gasteiger partial charge in [0.05, 0.1) is 6.10 Å². The van der Waals surface area contributed by atoms with Gasteiger partial charge in [0.2, 0.25) is 0 Å². The highest BCUT2D eigenvalue weighted by Gasteiger charge is 2.33. The molecule has 2 unspecified atom stereocenters. The molecule has 0 aromatic heterocycles. The lowest BCUT2D eigenvalue weighted by atomic mass is 10.0. The lowest BCUT2D eigenvalue weighted by molar-refractivity contribution is -0.275. The number of hydrogen-bond donors (Lipinski definition) is 4. The van der Waals surface area contributed by atoms with Crippen LogP contribution in [0.4, 0.5) is 18.9 Å². The number of ether oxygens (including phenoxy) is 1. The maximum absolute atomic E-state index is 12.2. The van der Waals surface area contributed by atoms with Crippen molar-refractivity contribution in [3.05, 3.63) is 23.8 Å². The molecule has 0 amide bonds. The predicted molar refractivity (Wildman–Crippen MR) is 62.4 cm³/mol. The van der Waals surface area contributed by atoms with E-state index >= 15 is 0 Å². The van der Waals surface area contributed by atoms with Crippen LogP contribution in [0.15, 0.2) is 18.2 Å². The van der Waals surface area contributed by atoms with Gasteiger partial charge in [0, 0.05) is 17.8 Å². The third-order valence-corrected chi connectivity index (χ3v) is 2.36. The van der Waals surface area contributed by atoms with Crippen molar-refractivity contribution in [3.63, 3.8) is 0 Å². The van der Waals surface area contributed by atoms with Gasteiger partial charge in [-0.2, -0.15) is 0 Å². The van der Waals surface area contributed by atoms with Gasteiger partial charge in [-0.15, -0.1) is 13.2 Å². The highest BCUT2D eigenvalue weighted by atomic mass is 19.4. The fraction of sp³-hybridized carbons (Fsp3) is 0.455. The van der Waals surface area contributed by atoms with E-state index in [1.807, 2.05) is 0 Å². The molecule has 5 nitrogen and oxygen atoms in total. The molecule has 1 aromatic rings. The number of aliphatic hydroxyl groups is 2. The van der Waals surface area contributed by atoms with Crippen molar-refractivity contribution >= 4 is 5.69 Å². The minimum absolute atomic E-state index is 0.00141. The second kappa shape index (κ2) is 6.09. The smallest absolute Gasteiger partial charge is 0.405 e. The predicted octanol–water partition coefficient (Wildman–Crippen LogP) is 0.781. The molecule has 8 heteroatoms. The molecule has 19 heavy (non-hydrogen) atoms. The zero-order valence-electron chi connectivity index (χ0n) is 10.1. The van der Waals surface area contributed by atoms with E-state index < -0.39 is 24.3 Å². The Hall–Kier alpha value is -1.51. The number of anilines is 1. The van der Waals surface area contributed by atoms with E-state index in [9.17, 15) is 23.4 Å². The summed E-state index contributed by atoms with van der Waals surface area (Å²) in [5, 5.41) is 22.0. The van der Waals surface area contributed by atoms with E-state index in [2.05, 4.69) is 10.1 Å². The summed E-state index contributed by atoms with van der Waals surface area (Å²) in [4.78, 5) is 0. The zero-order valence-corrected chi connectivity index (χ0v) is 10.1. The molecule has 0 aliphatic carbocycles. The van der Waals surface area contributed by atoms with E-state index in [1.54, 1.807) is 0 Å². The van der Waals surface area contributed by atoms with Crippen LogP contribution in [0.2, 0.25) is 0 Å². The summed E-state index contributed by atoms with van der Waals surface area (Å²) in [5.41, 5.74) is 5.39. The first kappa shape index (κ1) is 15.5. The van der Waals surface area contributed by atoms with Crippen molar-refractivity contribution < 1.29 is 28.1 Å². The van der Waals surface area contributed by atoms with Gasteiger partial charge in [-0.25, -0.2) is 0 Å². The molecule has 5 N–H and O–H groups in total. The molecule has 0 aliphatic rings. The molecule has 0 bridgehead atoms. The second-order valence-electron chi connectivity index (χ2n) is 3.91. The average Bonchev–Trinajstić information content (AvgIpc) is 2.29. The average molecular weight is 280 g/mol. The van der Waals surface area contributed by atoms with Crippen LogP contribution in [-0.2, 0) is 0 Å². The van der Waals surface area contributed by atoms with Crippen LogP contribution in [0.3, 0.4) is 0 Å². The lowest BCUT2D eigenvalue weighted by Crippen LogP contribution is -2.30. The third-order valence-electron chi connectivity index (χ3n) is 2.36. The number of rotatable bonds is 5. The Morgan fingerprint density at radius 3 is 2.53 bits per heavy atom. The van der Waals surface area contributed by atoms with Crippen LogP contribution >= 0.6 is 0 Å². The Bertz CT molecular complexity index is 426. The Morgan fingerprint density at radius 1 is 1.37 bits per heavy atom. The molecule has 0 radical (unpaired) electrons. The van der Waals surface area contributed by atoms with Crippen molar-refractivity contribution in [1.82, 2.24) is 5.32 Å². The summed E-state index contributed by atoms with van der Waals surface area (Å²) in [7, 11) is 1.53. The topological polar surface area (TPSA) is 87.7 Å². The summed E-state index contributed by atoms with van der Waals surface area (Å²) in [6, 6.07) is 3.33. The fourth-order valence-corrected chi connectivity index (χ4v) is 1.54. The molecule has 0 spiro atoms. The number of aliphatic hydroxyl groups excluding tert-OH is 2. The molecule has 0 fully saturated rings. The zero-order chi connectivity index (χ0) is 14.6. The molecule has 1 aromatic carbocycles. The number of nitrogens with two attached hydrogens (primary N) is 1. The summed E-state index contributed by atoms with van der Waals surface area (Å²) in [6.07, 6.45) is -7.73. The molecule has 1 rings (SSSR count). The first-order valence-electron chi connectivity index (χ1n) is 5.40. The summed E-state index contributed by atoms with van der Waals surface area (Å²) in [5.74, 6) is -0.593. The fourth-order valence-electron chi connectivity index (χ4n) is 1.54. The first-order chi connectivity index (χ1) is 8.74. The number of nitrogen functional groups attached to an aromatic ring is 1. The molecule has 0 heterocycles. The molecular weight excluding hydrogens is 265 g/mol. The van der Waals surface area contributed by atoms with Gasteiger partial charge in [-0.3, -0.25) is 0 Å². The Morgan fingerprint density at radius 2 is 2.00 bits per heavy atom. The number of alkyl halides is 3. The number of likely N-dealkylation sites (N-methyl/N-ethyl adjacent to an activating group) is 1. The van der Waals surface area contributed by atoms with Crippen molar-refractivity contribution in [2.75, 3.05) is 19.3 Å². The van der Waals surface area contributed by atoms with Gasteiger partial charge in [-0.05, 0) is 25.2 Å². The number of halogens is 3. The van der Waals surface area contributed by atoms with Crippen LogP contribution in [0, 0.1) is 0 Å². The molecule has 0 aliphatic heterocycles. The van der Waals surface area contributed by atoms with Crippen LogP contribution in [0.25, 0.3) is 0 Å². The van der Waals surface area contributed by atoms with Crippen molar-refractivity contribution in [3.8, 4) is 5.75 Å². The highest BCUT2D eigenvalue weighted by Crippen LogP contribution is 2.33. The summed E-state index contributed by atoms with van der Waals surface area (Å²) >= 11 is 0. The van der Waals surface area contributed by atoms with Crippen LogP contribution in [-0.4, -0.2) is 36.3 Å². The maximum atomic E-state index is 12.2. The lowest BCUT2D eigenvalue weighted by Gasteiger charge is -2.21. The van der Waals surface area contributed by atoms with Crippen LogP contribution < -0.4 is 15.8 Å². The van der Waals surface area contributed by atoms with Gasteiger partial charge in [0.1, 0.15) is 11.9 Å². The SMILES string of the molecule is CNCC(O)C(O)c1cc(N)ccc1OC(F)(F)F. The van der Waals surface area contributed by atoms with Gasteiger partial charge in [0.25, 0.3) is 0 Å². The summed E-state index contributed by atoms with van der Waals surface area (Å²) < 4.78 is 40.5. The van der Waals surface area contributed by atoms with Gasteiger partial charge in [0.15, 0.2) is 0 Å². The minimum atomic E-state index is -4.89. The molecule has 0 saturated heterocycles. The number of benzene rings is 1. The van der Waals surface area contributed by atoms with Gasteiger partial charge in [-0.1, -0.05) is 0 Å². The van der Waals surface area contributed by atoms with E-state index in [-0.39, 0.29) is 17.8 Å². The third kappa shape index (κ3) is 4.58. The Labute approximate surface area is 107 Å². The van der Waals surface area contributed by atoms with Crippen LogP contribution in [0.1, 0.15) is 11.7 Å².